The van der Waals surface area contributed by atoms with Crippen LogP contribution in [0.15, 0.2) is 0 Å². The van der Waals surface area contributed by atoms with E-state index in [9.17, 15) is 4.79 Å². The fourth-order valence-electron chi connectivity index (χ4n) is 1.43. The lowest BCUT2D eigenvalue weighted by Crippen LogP contribution is -2.35. The maximum Gasteiger partial charge on any atom is 0.407 e. The molecule has 0 aliphatic heterocycles. The zero-order chi connectivity index (χ0) is 10.4. The molecule has 0 heterocycles. The SMILES string of the molecule is CCC(CC1CC1)NC(=O)OCCO. The highest BCUT2D eigenvalue weighted by molar-refractivity contribution is 5.67. The summed E-state index contributed by atoms with van der Waals surface area (Å²) in [6, 6.07) is 0.230. The van der Waals surface area contributed by atoms with Crippen LogP contribution in [-0.2, 0) is 4.74 Å². The van der Waals surface area contributed by atoms with Crippen LogP contribution in [0.25, 0.3) is 0 Å². The summed E-state index contributed by atoms with van der Waals surface area (Å²) in [5.74, 6) is 0.804. The van der Waals surface area contributed by atoms with Crippen LogP contribution in [0.1, 0.15) is 32.6 Å². The van der Waals surface area contributed by atoms with Gasteiger partial charge in [-0.15, -0.1) is 0 Å². The molecule has 0 radical (unpaired) electrons. The van der Waals surface area contributed by atoms with E-state index in [0.717, 1.165) is 18.8 Å². The Bertz CT molecular complexity index is 180. The maximum atomic E-state index is 11.1. The molecule has 82 valence electrons. The third kappa shape index (κ3) is 4.46. The summed E-state index contributed by atoms with van der Waals surface area (Å²) in [6.45, 7) is 2.01. The molecule has 1 unspecified atom stereocenters. The normalized spacial score (nSPS) is 17.6. The van der Waals surface area contributed by atoms with Gasteiger partial charge in [-0.2, -0.15) is 0 Å². The van der Waals surface area contributed by atoms with E-state index < -0.39 is 6.09 Å². The molecule has 14 heavy (non-hydrogen) atoms. The average molecular weight is 201 g/mol. The molecule has 4 heteroatoms. The molecule has 4 nitrogen and oxygen atoms in total. The first-order valence-corrected chi connectivity index (χ1v) is 5.30. The summed E-state index contributed by atoms with van der Waals surface area (Å²) in [4.78, 5) is 11.1. The Morgan fingerprint density at radius 3 is 2.86 bits per heavy atom. The van der Waals surface area contributed by atoms with E-state index >= 15 is 0 Å². The van der Waals surface area contributed by atoms with Gasteiger partial charge in [-0.1, -0.05) is 19.8 Å². The van der Waals surface area contributed by atoms with Crippen molar-refractivity contribution in [3.8, 4) is 0 Å². The summed E-state index contributed by atoms with van der Waals surface area (Å²) < 4.78 is 4.73. The largest absolute Gasteiger partial charge is 0.447 e. The fourth-order valence-corrected chi connectivity index (χ4v) is 1.43. The van der Waals surface area contributed by atoms with E-state index in [1.807, 2.05) is 0 Å². The maximum absolute atomic E-state index is 11.1. The van der Waals surface area contributed by atoms with Gasteiger partial charge in [0, 0.05) is 6.04 Å². The van der Waals surface area contributed by atoms with Crippen LogP contribution >= 0.6 is 0 Å². The molecule has 0 saturated heterocycles. The number of carbonyl (C=O) groups excluding carboxylic acids is 1. The number of carbonyl (C=O) groups is 1. The van der Waals surface area contributed by atoms with Gasteiger partial charge in [0.2, 0.25) is 0 Å². The van der Waals surface area contributed by atoms with Crippen molar-refractivity contribution in [2.75, 3.05) is 13.2 Å². The Kier molecular flexibility index (Phi) is 4.73. The van der Waals surface area contributed by atoms with E-state index in [0.29, 0.717) is 0 Å². The van der Waals surface area contributed by atoms with E-state index in [1.54, 1.807) is 0 Å². The molecule has 2 N–H and O–H groups in total. The minimum absolute atomic E-state index is 0.0751. The summed E-state index contributed by atoms with van der Waals surface area (Å²) in [5, 5.41) is 11.3. The lowest BCUT2D eigenvalue weighted by Gasteiger charge is -2.15. The number of hydrogen-bond donors (Lipinski definition) is 2. The highest BCUT2D eigenvalue weighted by Crippen LogP contribution is 2.33. The van der Waals surface area contributed by atoms with Gasteiger partial charge in [-0.05, 0) is 18.8 Å². The molecule has 1 aliphatic rings. The Morgan fingerprint density at radius 1 is 1.64 bits per heavy atom. The van der Waals surface area contributed by atoms with E-state index in [2.05, 4.69) is 12.2 Å². The highest BCUT2D eigenvalue weighted by atomic mass is 16.6. The number of aliphatic hydroxyl groups is 1. The predicted molar refractivity (Wildman–Crippen MR) is 53.0 cm³/mol. The Labute approximate surface area is 84.6 Å². The fraction of sp³-hybridized carbons (Fsp3) is 0.900. The van der Waals surface area contributed by atoms with Gasteiger partial charge in [0.15, 0.2) is 0 Å². The lowest BCUT2D eigenvalue weighted by molar-refractivity contribution is 0.115. The molecule has 0 aromatic carbocycles. The molecule has 1 amide bonds. The zero-order valence-corrected chi connectivity index (χ0v) is 8.66. The highest BCUT2D eigenvalue weighted by Gasteiger charge is 2.25. The molecule has 0 spiro atoms. The number of ether oxygens (including phenoxy) is 1. The Balaban J connectivity index is 2.13. The van der Waals surface area contributed by atoms with Crippen LogP contribution in [0.4, 0.5) is 4.79 Å². The first-order chi connectivity index (χ1) is 6.76. The zero-order valence-electron chi connectivity index (χ0n) is 8.66. The molecule has 1 fully saturated rings. The molecular weight excluding hydrogens is 182 g/mol. The smallest absolute Gasteiger partial charge is 0.407 e. The topological polar surface area (TPSA) is 58.6 Å². The number of amides is 1. The number of hydrogen-bond acceptors (Lipinski definition) is 3. The van der Waals surface area contributed by atoms with Crippen LogP contribution in [0.5, 0.6) is 0 Å². The second-order valence-corrected chi connectivity index (χ2v) is 3.79. The van der Waals surface area contributed by atoms with Crippen molar-refractivity contribution < 1.29 is 14.6 Å². The van der Waals surface area contributed by atoms with E-state index in [4.69, 9.17) is 9.84 Å². The molecular formula is C10H19NO3. The molecule has 0 aromatic rings. The van der Waals surface area contributed by atoms with Gasteiger partial charge in [-0.25, -0.2) is 4.79 Å². The van der Waals surface area contributed by atoms with Gasteiger partial charge in [-0.3, -0.25) is 0 Å². The van der Waals surface area contributed by atoms with Crippen molar-refractivity contribution in [3.05, 3.63) is 0 Å². The third-order valence-electron chi connectivity index (χ3n) is 2.45. The van der Waals surface area contributed by atoms with Crippen molar-refractivity contribution in [3.63, 3.8) is 0 Å². The average Bonchev–Trinajstić information content (AvgIpc) is 2.97. The second kappa shape index (κ2) is 5.86. The van der Waals surface area contributed by atoms with Gasteiger partial charge < -0.3 is 15.2 Å². The van der Waals surface area contributed by atoms with Crippen molar-refractivity contribution in [1.82, 2.24) is 5.32 Å². The quantitative estimate of drug-likeness (QED) is 0.680. The Hall–Kier alpha value is -0.770. The van der Waals surface area contributed by atoms with Gasteiger partial charge in [0.1, 0.15) is 6.61 Å². The molecule has 1 saturated carbocycles. The summed E-state index contributed by atoms with van der Waals surface area (Å²) in [7, 11) is 0. The summed E-state index contributed by atoms with van der Waals surface area (Å²) >= 11 is 0. The number of rotatable bonds is 6. The first kappa shape index (κ1) is 11.3. The minimum atomic E-state index is -0.411. The molecule has 1 atom stereocenters. The molecule has 0 bridgehead atoms. The van der Waals surface area contributed by atoms with E-state index in [-0.39, 0.29) is 19.3 Å². The van der Waals surface area contributed by atoms with Crippen LogP contribution in [0, 0.1) is 5.92 Å². The van der Waals surface area contributed by atoms with Crippen molar-refractivity contribution >= 4 is 6.09 Å². The van der Waals surface area contributed by atoms with Gasteiger partial charge in [0.05, 0.1) is 6.61 Å². The predicted octanol–water partition coefficient (Wildman–Crippen LogP) is 1.28. The molecule has 0 aromatic heterocycles. The number of nitrogens with one attached hydrogen (secondary N) is 1. The minimum Gasteiger partial charge on any atom is -0.447 e. The number of alkyl carbamates (subject to hydrolysis) is 1. The van der Waals surface area contributed by atoms with Crippen LogP contribution in [0.3, 0.4) is 0 Å². The summed E-state index contributed by atoms with van der Waals surface area (Å²) in [6.07, 6.45) is 4.18. The third-order valence-corrected chi connectivity index (χ3v) is 2.45. The van der Waals surface area contributed by atoms with Gasteiger partial charge in [0.25, 0.3) is 0 Å². The molecule has 1 aliphatic carbocycles. The molecule has 1 rings (SSSR count). The monoisotopic (exact) mass is 201 g/mol. The van der Waals surface area contributed by atoms with Crippen molar-refractivity contribution in [2.45, 2.75) is 38.6 Å². The summed E-state index contributed by atoms with van der Waals surface area (Å²) in [5.41, 5.74) is 0. The van der Waals surface area contributed by atoms with Crippen LogP contribution in [0.2, 0.25) is 0 Å². The van der Waals surface area contributed by atoms with Crippen LogP contribution in [-0.4, -0.2) is 30.5 Å². The second-order valence-electron chi connectivity index (χ2n) is 3.79. The first-order valence-electron chi connectivity index (χ1n) is 5.30. The Morgan fingerprint density at radius 2 is 2.36 bits per heavy atom. The standard InChI is InChI=1S/C10H19NO3/c1-2-9(7-8-3-4-8)11-10(13)14-6-5-12/h8-9,12H,2-7H2,1H3,(H,11,13). The van der Waals surface area contributed by atoms with Crippen molar-refractivity contribution in [1.29, 1.82) is 0 Å². The lowest BCUT2D eigenvalue weighted by atomic mass is 10.1. The van der Waals surface area contributed by atoms with Crippen LogP contribution < -0.4 is 5.32 Å². The van der Waals surface area contributed by atoms with Gasteiger partial charge >= 0.3 is 6.09 Å². The van der Waals surface area contributed by atoms with Crippen molar-refractivity contribution in [2.24, 2.45) is 5.92 Å². The number of aliphatic hydroxyl groups excluding tert-OH is 1. The van der Waals surface area contributed by atoms with E-state index in [1.165, 1.54) is 12.8 Å².